The standard InChI is InChI=1S/C19H29N3O.2ClH/c20-14-15-8-7-9-16(15)19(23)21-17-10-3-4-11-18(17)22-12-5-1-2-6-13-22;;/h3-4,10-11,15-16H,1-2,5-9,12-14,20H2,(H,21,23);2*1H/t15-,16-;;/m1../s1. The summed E-state index contributed by atoms with van der Waals surface area (Å²) in [6.45, 7) is 2.79. The number of hydrogen-bond acceptors (Lipinski definition) is 3. The Balaban J connectivity index is 0.00000156. The number of halogens is 2. The first-order valence-electron chi connectivity index (χ1n) is 9.14. The Hall–Kier alpha value is -0.970. The van der Waals surface area contributed by atoms with Gasteiger partial charge in [0.15, 0.2) is 0 Å². The molecule has 3 rings (SSSR count). The Morgan fingerprint density at radius 3 is 2.40 bits per heavy atom. The van der Waals surface area contributed by atoms with Gasteiger partial charge in [0.25, 0.3) is 0 Å². The van der Waals surface area contributed by atoms with Crippen molar-refractivity contribution in [3.8, 4) is 0 Å². The normalized spacial score (nSPS) is 23.2. The van der Waals surface area contributed by atoms with Gasteiger partial charge in [-0.2, -0.15) is 0 Å². The van der Waals surface area contributed by atoms with E-state index in [2.05, 4.69) is 22.3 Å². The number of para-hydroxylation sites is 2. The Morgan fingerprint density at radius 2 is 1.72 bits per heavy atom. The summed E-state index contributed by atoms with van der Waals surface area (Å²) in [5.41, 5.74) is 7.96. The van der Waals surface area contributed by atoms with E-state index < -0.39 is 0 Å². The second-order valence-electron chi connectivity index (χ2n) is 6.94. The molecule has 0 spiro atoms. The zero-order valence-electron chi connectivity index (χ0n) is 14.8. The molecule has 1 heterocycles. The molecule has 142 valence electrons. The number of nitrogens with zero attached hydrogens (tertiary/aromatic N) is 1. The molecule has 4 nitrogen and oxygen atoms in total. The highest BCUT2D eigenvalue weighted by atomic mass is 35.5. The van der Waals surface area contributed by atoms with E-state index in [1.54, 1.807) is 0 Å². The fraction of sp³-hybridized carbons (Fsp3) is 0.632. The number of hydrogen-bond donors (Lipinski definition) is 2. The average molecular weight is 388 g/mol. The fourth-order valence-corrected chi connectivity index (χ4v) is 4.06. The molecule has 0 aromatic heterocycles. The molecular formula is C19H31Cl2N3O. The second kappa shape index (κ2) is 10.9. The van der Waals surface area contributed by atoms with Crippen molar-refractivity contribution < 1.29 is 4.79 Å². The number of nitrogens with two attached hydrogens (primary N) is 1. The summed E-state index contributed by atoms with van der Waals surface area (Å²) in [4.78, 5) is 15.1. The van der Waals surface area contributed by atoms with Crippen molar-refractivity contribution in [3.63, 3.8) is 0 Å². The van der Waals surface area contributed by atoms with Gasteiger partial charge in [-0.1, -0.05) is 31.4 Å². The first kappa shape index (κ1) is 22.1. The Bertz CT molecular complexity index is 533. The van der Waals surface area contributed by atoms with E-state index in [1.165, 1.54) is 31.4 Å². The lowest BCUT2D eigenvalue weighted by Gasteiger charge is -2.26. The van der Waals surface area contributed by atoms with Crippen molar-refractivity contribution in [3.05, 3.63) is 24.3 Å². The van der Waals surface area contributed by atoms with Crippen LogP contribution in [-0.2, 0) is 4.79 Å². The summed E-state index contributed by atoms with van der Waals surface area (Å²) in [5, 5.41) is 3.20. The van der Waals surface area contributed by atoms with Crippen LogP contribution < -0.4 is 16.0 Å². The zero-order valence-corrected chi connectivity index (χ0v) is 16.4. The summed E-state index contributed by atoms with van der Waals surface area (Å²) < 4.78 is 0. The Labute approximate surface area is 163 Å². The van der Waals surface area contributed by atoms with E-state index in [4.69, 9.17) is 5.73 Å². The zero-order chi connectivity index (χ0) is 16.1. The first-order chi connectivity index (χ1) is 11.3. The van der Waals surface area contributed by atoms with Crippen molar-refractivity contribution in [2.45, 2.75) is 44.9 Å². The Morgan fingerprint density at radius 1 is 1.04 bits per heavy atom. The van der Waals surface area contributed by atoms with E-state index in [0.29, 0.717) is 12.5 Å². The second-order valence-corrected chi connectivity index (χ2v) is 6.94. The molecule has 1 aliphatic heterocycles. The van der Waals surface area contributed by atoms with Crippen molar-refractivity contribution >= 4 is 42.1 Å². The summed E-state index contributed by atoms with van der Waals surface area (Å²) in [7, 11) is 0. The van der Waals surface area contributed by atoms with Crippen LogP contribution in [0.4, 0.5) is 11.4 Å². The number of benzene rings is 1. The number of nitrogens with one attached hydrogen (secondary N) is 1. The minimum Gasteiger partial charge on any atom is -0.370 e. The highest BCUT2D eigenvalue weighted by Gasteiger charge is 2.32. The van der Waals surface area contributed by atoms with E-state index >= 15 is 0 Å². The minimum atomic E-state index is 0. The maximum absolute atomic E-state index is 12.7. The van der Waals surface area contributed by atoms with Crippen molar-refractivity contribution in [1.82, 2.24) is 0 Å². The van der Waals surface area contributed by atoms with Crippen molar-refractivity contribution in [2.24, 2.45) is 17.6 Å². The molecule has 25 heavy (non-hydrogen) atoms. The van der Waals surface area contributed by atoms with Gasteiger partial charge in [0.2, 0.25) is 5.91 Å². The predicted molar refractivity (Wildman–Crippen MR) is 110 cm³/mol. The Kier molecular flexibility index (Phi) is 9.62. The average Bonchev–Trinajstić information content (AvgIpc) is 2.90. The molecule has 3 N–H and O–H groups in total. The van der Waals surface area contributed by atoms with E-state index in [1.807, 2.05) is 12.1 Å². The number of amides is 1. The molecule has 1 amide bonds. The lowest BCUT2D eigenvalue weighted by molar-refractivity contribution is -0.120. The predicted octanol–water partition coefficient (Wildman–Crippen LogP) is 4.22. The van der Waals surface area contributed by atoms with Gasteiger partial charge >= 0.3 is 0 Å². The number of carbonyl (C=O) groups is 1. The molecule has 6 heteroatoms. The lowest BCUT2D eigenvalue weighted by atomic mass is 9.95. The topological polar surface area (TPSA) is 58.4 Å². The summed E-state index contributed by atoms with van der Waals surface area (Å²) in [6.07, 6.45) is 8.27. The number of anilines is 2. The SMILES string of the molecule is Cl.Cl.NC[C@H]1CCC[C@H]1C(=O)Nc1ccccc1N1CCCCCC1. The molecule has 0 unspecified atom stereocenters. The van der Waals surface area contributed by atoms with Gasteiger partial charge in [-0.3, -0.25) is 4.79 Å². The highest BCUT2D eigenvalue weighted by Crippen LogP contribution is 2.34. The van der Waals surface area contributed by atoms with Crippen molar-refractivity contribution in [1.29, 1.82) is 0 Å². The quantitative estimate of drug-likeness (QED) is 0.812. The molecule has 1 aromatic carbocycles. The molecule has 2 aliphatic rings. The van der Waals surface area contributed by atoms with Gasteiger partial charge in [-0.05, 0) is 50.3 Å². The third-order valence-corrected chi connectivity index (χ3v) is 5.41. The van der Waals surface area contributed by atoms with Crippen LogP contribution in [0.25, 0.3) is 0 Å². The fourth-order valence-electron chi connectivity index (χ4n) is 4.06. The van der Waals surface area contributed by atoms with Gasteiger partial charge in [-0.25, -0.2) is 0 Å². The van der Waals surface area contributed by atoms with E-state index in [-0.39, 0.29) is 36.6 Å². The van der Waals surface area contributed by atoms with Crippen LogP contribution in [0, 0.1) is 11.8 Å². The molecular weight excluding hydrogens is 357 g/mol. The molecule has 2 fully saturated rings. The van der Waals surface area contributed by atoms with E-state index in [9.17, 15) is 4.79 Å². The smallest absolute Gasteiger partial charge is 0.227 e. The van der Waals surface area contributed by atoms with Crippen LogP contribution in [0.3, 0.4) is 0 Å². The summed E-state index contributed by atoms with van der Waals surface area (Å²) in [5.74, 6) is 0.581. The molecule has 1 aromatic rings. The van der Waals surface area contributed by atoms with E-state index in [0.717, 1.165) is 38.0 Å². The summed E-state index contributed by atoms with van der Waals surface area (Å²) >= 11 is 0. The lowest BCUT2D eigenvalue weighted by Crippen LogP contribution is -2.31. The largest absolute Gasteiger partial charge is 0.370 e. The van der Waals surface area contributed by atoms with Gasteiger partial charge in [-0.15, -0.1) is 24.8 Å². The molecule has 1 aliphatic carbocycles. The minimum absolute atomic E-state index is 0. The van der Waals surface area contributed by atoms with Gasteiger partial charge in [0.05, 0.1) is 11.4 Å². The summed E-state index contributed by atoms with van der Waals surface area (Å²) in [6, 6.07) is 8.24. The van der Waals surface area contributed by atoms with Gasteiger partial charge in [0.1, 0.15) is 0 Å². The van der Waals surface area contributed by atoms with Crippen LogP contribution in [0.15, 0.2) is 24.3 Å². The third-order valence-electron chi connectivity index (χ3n) is 5.41. The molecule has 1 saturated heterocycles. The van der Waals surface area contributed by atoms with Gasteiger partial charge in [0, 0.05) is 19.0 Å². The third kappa shape index (κ3) is 5.50. The number of carbonyl (C=O) groups excluding carboxylic acids is 1. The maximum atomic E-state index is 12.7. The van der Waals surface area contributed by atoms with Gasteiger partial charge < -0.3 is 16.0 Å². The van der Waals surface area contributed by atoms with Crippen LogP contribution >= 0.6 is 24.8 Å². The van der Waals surface area contributed by atoms with Crippen LogP contribution in [0.2, 0.25) is 0 Å². The highest BCUT2D eigenvalue weighted by molar-refractivity contribution is 5.96. The molecule has 1 saturated carbocycles. The van der Waals surface area contributed by atoms with Crippen LogP contribution in [0.1, 0.15) is 44.9 Å². The number of rotatable bonds is 4. The first-order valence-corrected chi connectivity index (χ1v) is 9.14. The molecule has 0 bridgehead atoms. The maximum Gasteiger partial charge on any atom is 0.227 e. The van der Waals surface area contributed by atoms with Crippen molar-refractivity contribution in [2.75, 3.05) is 29.9 Å². The monoisotopic (exact) mass is 387 g/mol. The van der Waals surface area contributed by atoms with Crippen LogP contribution in [0.5, 0.6) is 0 Å². The molecule has 0 radical (unpaired) electrons. The van der Waals surface area contributed by atoms with Crippen LogP contribution in [-0.4, -0.2) is 25.5 Å². The molecule has 2 atom stereocenters.